The molecule has 5 rings (SSSR count). The van der Waals surface area contributed by atoms with Crippen LogP contribution in [0.1, 0.15) is 10.4 Å². The molecule has 0 saturated carbocycles. The molecule has 0 radical (unpaired) electrons. The molecule has 30 heavy (non-hydrogen) atoms. The number of amides is 1. The summed E-state index contributed by atoms with van der Waals surface area (Å²) in [5.74, 6) is 0.000259. The summed E-state index contributed by atoms with van der Waals surface area (Å²) in [4.78, 5) is 20.8. The van der Waals surface area contributed by atoms with Crippen LogP contribution in [-0.2, 0) is 7.05 Å². The second-order valence-electron chi connectivity index (χ2n) is 6.36. The lowest BCUT2D eigenvalue weighted by atomic mass is 10.2. The summed E-state index contributed by atoms with van der Waals surface area (Å²) in [5.41, 5.74) is 2.77. The SMILES string of the molecule is Cn1cc(C(=O)Nc2cncc(-c3nnc(Nc4ccc5[nH]ncc5c4)s3)n2)cn1. The van der Waals surface area contributed by atoms with E-state index in [1.807, 2.05) is 18.2 Å². The molecule has 1 aromatic carbocycles. The number of hydrogen-bond donors (Lipinski definition) is 3. The van der Waals surface area contributed by atoms with Crippen molar-refractivity contribution in [3.63, 3.8) is 0 Å². The molecule has 4 aromatic heterocycles. The Morgan fingerprint density at radius 3 is 2.97 bits per heavy atom. The Morgan fingerprint density at radius 1 is 1.17 bits per heavy atom. The van der Waals surface area contributed by atoms with Crippen molar-refractivity contribution in [1.82, 2.24) is 40.1 Å². The number of aromatic nitrogens is 8. The molecule has 4 heterocycles. The number of nitrogens with zero attached hydrogens (tertiary/aromatic N) is 7. The molecule has 0 spiro atoms. The van der Waals surface area contributed by atoms with Gasteiger partial charge in [-0.15, -0.1) is 10.2 Å². The van der Waals surface area contributed by atoms with Crippen LogP contribution in [0.2, 0.25) is 0 Å². The number of carbonyl (C=O) groups is 1. The maximum absolute atomic E-state index is 12.3. The topological polar surface area (TPSA) is 139 Å². The van der Waals surface area contributed by atoms with Gasteiger partial charge >= 0.3 is 0 Å². The van der Waals surface area contributed by atoms with Gasteiger partial charge in [-0.3, -0.25) is 19.6 Å². The fourth-order valence-corrected chi connectivity index (χ4v) is 3.50. The maximum Gasteiger partial charge on any atom is 0.260 e. The Hall–Kier alpha value is -4.19. The lowest BCUT2D eigenvalue weighted by molar-refractivity contribution is 0.102. The van der Waals surface area contributed by atoms with Gasteiger partial charge in [0.1, 0.15) is 5.69 Å². The van der Waals surface area contributed by atoms with E-state index in [0.29, 0.717) is 27.2 Å². The normalized spacial score (nSPS) is 11.0. The average molecular weight is 418 g/mol. The Balaban J connectivity index is 1.33. The van der Waals surface area contributed by atoms with Gasteiger partial charge in [0.2, 0.25) is 5.13 Å². The zero-order chi connectivity index (χ0) is 20.5. The molecule has 11 nitrogen and oxygen atoms in total. The molecular formula is C18H14N10OS. The van der Waals surface area contributed by atoms with Gasteiger partial charge < -0.3 is 10.6 Å². The summed E-state index contributed by atoms with van der Waals surface area (Å²) >= 11 is 1.33. The zero-order valence-electron chi connectivity index (χ0n) is 15.6. The molecule has 12 heteroatoms. The van der Waals surface area contributed by atoms with E-state index in [2.05, 4.69) is 46.1 Å². The van der Waals surface area contributed by atoms with Gasteiger partial charge in [-0.2, -0.15) is 10.2 Å². The van der Waals surface area contributed by atoms with Crippen LogP contribution in [-0.4, -0.2) is 46.1 Å². The summed E-state index contributed by atoms with van der Waals surface area (Å²) in [5, 5.41) is 27.4. The highest BCUT2D eigenvalue weighted by molar-refractivity contribution is 7.18. The molecule has 148 valence electrons. The first kappa shape index (κ1) is 17.9. The van der Waals surface area contributed by atoms with E-state index in [1.165, 1.54) is 23.7 Å². The van der Waals surface area contributed by atoms with Crippen molar-refractivity contribution in [2.45, 2.75) is 0 Å². The number of aromatic amines is 1. The fraction of sp³-hybridized carbons (Fsp3) is 0.0556. The third-order valence-corrected chi connectivity index (χ3v) is 5.04. The van der Waals surface area contributed by atoms with Crippen LogP contribution in [0.4, 0.5) is 16.6 Å². The Labute approximate surface area is 173 Å². The van der Waals surface area contributed by atoms with Crippen LogP contribution >= 0.6 is 11.3 Å². The van der Waals surface area contributed by atoms with Crippen molar-refractivity contribution >= 4 is 44.8 Å². The van der Waals surface area contributed by atoms with Crippen molar-refractivity contribution in [3.8, 4) is 10.7 Å². The summed E-state index contributed by atoms with van der Waals surface area (Å²) in [6.45, 7) is 0. The molecule has 0 aliphatic rings. The van der Waals surface area contributed by atoms with Gasteiger partial charge in [0.05, 0.1) is 35.9 Å². The number of nitrogens with one attached hydrogen (secondary N) is 3. The van der Waals surface area contributed by atoms with Crippen molar-refractivity contribution in [3.05, 3.63) is 54.7 Å². The maximum atomic E-state index is 12.3. The minimum atomic E-state index is -0.316. The molecule has 0 saturated heterocycles. The first-order chi connectivity index (χ1) is 14.6. The molecule has 0 atom stereocenters. The largest absolute Gasteiger partial charge is 0.330 e. The fourth-order valence-electron chi connectivity index (χ4n) is 2.78. The van der Waals surface area contributed by atoms with Crippen LogP contribution in [0.25, 0.3) is 21.6 Å². The highest BCUT2D eigenvalue weighted by Gasteiger charge is 2.13. The van der Waals surface area contributed by atoms with Crippen LogP contribution in [0.3, 0.4) is 0 Å². The van der Waals surface area contributed by atoms with E-state index in [0.717, 1.165) is 16.6 Å². The smallest absolute Gasteiger partial charge is 0.260 e. The Bertz CT molecular complexity index is 1350. The molecule has 0 aliphatic carbocycles. The number of benzene rings is 1. The summed E-state index contributed by atoms with van der Waals surface area (Å²) in [6.07, 6.45) is 7.90. The van der Waals surface area contributed by atoms with Gasteiger partial charge in [-0.25, -0.2) is 4.98 Å². The van der Waals surface area contributed by atoms with E-state index < -0.39 is 0 Å². The molecule has 0 bridgehead atoms. The van der Waals surface area contributed by atoms with Gasteiger partial charge in [-0.05, 0) is 18.2 Å². The first-order valence-corrected chi connectivity index (χ1v) is 9.62. The molecule has 0 aliphatic heterocycles. The lowest BCUT2D eigenvalue weighted by Gasteiger charge is -2.03. The molecule has 3 N–H and O–H groups in total. The molecule has 1 amide bonds. The number of fused-ring (bicyclic) bond motifs is 1. The Kier molecular flexibility index (Phi) is 4.37. The standard InChI is InChI=1S/C18H14N10OS/c1-28-9-11(6-21-28)16(29)24-15-8-19-7-14(23-15)17-26-27-18(30-17)22-12-2-3-13-10(4-12)5-20-25-13/h2-9H,1H3,(H,20,25)(H,22,27)(H,23,24,29). The van der Waals surface area contributed by atoms with Crippen molar-refractivity contribution in [1.29, 1.82) is 0 Å². The number of rotatable bonds is 5. The van der Waals surface area contributed by atoms with Gasteiger partial charge in [0.25, 0.3) is 5.91 Å². The van der Waals surface area contributed by atoms with E-state index in [4.69, 9.17) is 0 Å². The number of anilines is 3. The van der Waals surface area contributed by atoms with Crippen molar-refractivity contribution < 1.29 is 4.79 Å². The van der Waals surface area contributed by atoms with Crippen molar-refractivity contribution in [2.75, 3.05) is 10.6 Å². The number of carbonyl (C=O) groups excluding carboxylic acids is 1. The molecular weight excluding hydrogens is 404 g/mol. The molecule has 0 unspecified atom stereocenters. The monoisotopic (exact) mass is 418 g/mol. The molecule has 0 fully saturated rings. The van der Waals surface area contributed by atoms with E-state index in [1.54, 1.807) is 30.3 Å². The van der Waals surface area contributed by atoms with Crippen LogP contribution in [0, 0.1) is 0 Å². The third-order valence-electron chi connectivity index (χ3n) is 4.18. The summed E-state index contributed by atoms with van der Waals surface area (Å²) in [6, 6.07) is 5.83. The molecule has 5 aromatic rings. The highest BCUT2D eigenvalue weighted by Crippen LogP contribution is 2.28. The van der Waals surface area contributed by atoms with Gasteiger partial charge in [-0.1, -0.05) is 11.3 Å². The Morgan fingerprint density at radius 2 is 2.10 bits per heavy atom. The quantitative estimate of drug-likeness (QED) is 0.396. The van der Waals surface area contributed by atoms with E-state index >= 15 is 0 Å². The average Bonchev–Trinajstić information content (AvgIpc) is 3.49. The van der Waals surface area contributed by atoms with Crippen molar-refractivity contribution in [2.24, 2.45) is 7.05 Å². The highest BCUT2D eigenvalue weighted by atomic mass is 32.1. The van der Waals surface area contributed by atoms with Gasteiger partial charge in [0, 0.05) is 24.3 Å². The van der Waals surface area contributed by atoms with E-state index in [-0.39, 0.29) is 5.91 Å². The van der Waals surface area contributed by atoms with Crippen LogP contribution in [0.15, 0.2) is 49.2 Å². The van der Waals surface area contributed by atoms with Gasteiger partial charge in [0.15, 0.2) is 10.8 Å². The number of hydrogen-bond acceptors (Lipinski definition) is 9. The summed E-state index contributed by atoms with van der Waals surface area (Å²) < 4.78 is 1.55. The second-order valence-corrected chi connectivity index (χ2v) is 7.33. The second kappa shape index (κ2) is 7.33. The third kappa shape index (κ3) is 3.58. The lowest BCUT2D eigenvalue weighted by Crippen LogP contribution is -2.12. The number of aryl methyl sites for hydroxylation is 1. The van der Waals surface area contributed by atoms with Crippen LogP contribution in [0.5, 0.6) is 0 Å². The predicted octanol–water partition coefficient (Wildman–Crippen LogP) is 2.60. The van der Waals surface area contributed by atoms with Crippen LogP contribution < -0.4 is 10.6 Å². The first-order valence-electron chi connectivity index (χ1n) is 8.80. The zero-order valence-corrected chi connectivity index (χ0v) is 16.4. The number of H-pyrrole nitrogens is 1. The minimum absolute atomic E-state index is 0.316. The predicted molar refractivity (Wildman–Crippen MR) is 111 cm³/mol. The van der Waals surface area contributed by atoms with E-state index in [9.17, 15) is 4.79 Å². The minimum Gasteiger partial charge on any atom is -0.330 e. The summed E-state index contributed by atoms with van der Waals surface area (Å²) in [7, 11) is 1.74.